The average molecular weight is 280 g/mol. The number of carbonyl (C=O) groups excluding carboxylic acids is 2. The number of rotatable bonds is 4. The number of H-pyrrole nitrogens is 1. The summed E-state index contributed by atoms with van der Waals surface area (Å²) < 4.78 is 0. The van der Waals surface area contributed by atoms with Crippen LogP contribution in [0.25, 0.3) is 0 Å². The number of aromatic nitrogens is 1. The monoisotopic (exact) mass is 280 g/mol. The van der Waals surface area contributed by atoms with Crippen LogP contribution in [0, 0.1) is 10.1 Å². The van der Waals surface area contributed by atoms with Crippen LogP contribution in [0.5, 0.6) is 0 Å². The average Bonchev–Trinajstić information content (AvgIpc) is 2.89. The second-order valence-corrected chi connectivity index (χ2v) is 4.73. The van der Waals surface area contributed by atoms with E-state index in [-0.39, 0.29) is 29.6 Å². The summed E-state index contributed by atoms with van der Waals surface area (Å²) in [7, 11) is 0. The first kappa shape index (κ1) is 14.2. The molecule has 0 atom stereocenters. The van der Waals surface area contributed by atoms with Crippen molar-refractivity contribution < 1.29 is 14.5 Å². The van der Waals surface area contributed by atoms with Crippen LogP contribution in [-0.4, -0.2) is 64.1 Å². The number of nitro groups is 1. The highest BCUT2D eigenvalue weighted by Gasteiger charge is 2.22. The van der Waals surface area contributed by atoms with Crippen LogP contribution in [-0.2, 0) is 4.79 Å². The smallest absolute Gasteiger partial charge is 0.287 e. The Hall–Kier alpha value is -2.22. The minimum absolute atomic E-state index is 0.0379. The molecule has 1 saturated heterocycles. The predicted octanol–water partition coefficient (Wildman–Crippen LogP) is 0.270. The normalized spacial score (nSPS) is 16.1. The van der Waals surface area contributed by atoms with Gasteiger partial charge >= 0.3 is 0 Å². The highest BCUT2D eigenvalue weighted by atomic mass is 16.6. The summed E-state index contributed by atoms with van der Waals surface area (Å²) in [5.41, 5.74) is 0.125. The van der Waals surface area contributed by atoms with Crippen molar-refractivity contribution in [2.45, 2.75) is 6.92 Å². The van der Waals surface area contributed by atoms with E-state index < -0.39 is 4.92 Å². The molecule has 0 aliphatic carbocycles. The third-order valence-corrected chi connectivity index (χ3v) is 3.36. The van der Waals surface area contributed by atoms with E-state index in [4.69, 9.17) is 0 Å². The van der Waals surface area contributed by atoms with Gasteiger partial charge in [-0.1, -0.05) is 0 Å². The van der Waals surface area contributed by atoms with Crippen LogP contribution in [0.15, 0.2) is 12.3 Å². The molecule has 0 aromatic carbocycles. The lowest BCUT2D eigenvalue weighted by Gasteiger charge is -2.33. The zero-order valence-corrected chi connectivity index (χ0v) is 11.2. The van der Waals surface area contributed by atoms with E-state index in [2.05, 4.69) is 4.98 Å². The van der Waals surface area contributed by atoms with Gasteiger partial charge in [-0.25, -0.2) is 0 Å². The van der Waals surface area contributed by atoms with E-state index in [1.807, 2.05) is 4.90 Å². The van der Waals surface area contributed by atoms with Gasteiger partial charge in [-0.3, -0.25) is 24.6 Å². The highest BCUT2D eigenvalue weighted by Crippen LogP contribution is 2.13. The lowest BCUT2D eigenvalue weighted by molar-refractivity contribution is -0.384. The van der Waals surface area contributed by atoms with E-state index in [0.717, 1.165) is 0 Å². The molecule has 1 aromatic heterocycles. The Morgan fingerprint density at radius 3 is 2.50 bits per heavy atom. The fourth-order valence-corrected chi connectivity index (χ4v) is 2.16. The molecule has 1 fully saturated rings. The van der Waals surface area contributed by atoms with Gasteiger partial charge in [-0.2, -0.15) is 0 Å². The van der Waals surface area contributed by atoms with E-state index in [9.17, 15) is 19.7 Å². The molecule has 108 valence electrons. The first-order valence-electron chi connectivity index (χ1n) is 6.31. The summed E-state index contributed by atoms with van der Waals surface area (Å²) >= 11 is 0. The molecule has 2 heterocycles. The Balaban J connectivity index is 1.89. The van der Waals surface area contributed by atoms with Crippen LogP contribution in [0.4, 0.5) is 5.69 Å². The summed E-state index contributed by atoms with van der Waals surface area (Å²) in [5.74, 6) is -0.148. The maximum absolute atomic E-state index is 12.0. The van der Waals surface area contributed by atoms with Crippen molar-refractivity contribution in [3.8, 4) is 0 Å². The first-order valence-corrected chi connectivity index (χ1v) is 6.31. The van der Waals surface area contributed by atoms with Gasteiger partial charge in [0.1, 0.15) is 0 Å². The summed E-state index contributed by atoms with van der Waals surface area (Å²) in [4.78, 5) is 39.5. The number of aromatic amines is 1. The molecule has 1 N–H and O–H groups in total. The van der Waals surface area contributed by atoms with Crippen molar-refractivity contribution in [3.05, 3.63) is 28.1 Å². The second kappa shape index (κ2) is 5.83. The fourth-order valence-electron chi connectivity index (χ4n) is 2.16. The number of piperazine rings is 1. The summed E-state index contributed by atoms with van der Waals surface area (Å²) in [6, 6.07) is 1.24. The fraction of sp³-hybridized carbons (Fsp3) is 0.500. The Bertz CT molecular complexity index is 531. The molecule has 0 unspecified atom stereocenters. The third-order valence-electron chi connectivity index (χ3n) is 3.36. The van der Waals surface area contributed by atoms with Crippen molar-refractivity contribution in [1.82, 2.24) is 14.8 Å². The Morgan fingerprint density at radius 2 is 2.00 bits per heavy atom. The molecule has 1 aliphatic rings. The van der Waals surface area contributed by atoms with E-state index in [1.165, 1.54) is 19.2 Å². The molecule has 0 radical (unpaired) electrons. The van der Waals surface area contributed by atoms with Gasteiger partial charge in [0.25, 0.3) is 5.69 Å². The third kappa shape index (κ3) is 3.21. The zero-order valence-electron chi connectivity index (χ0n) is 11.2. The molecule has 1 amide bonds. The molecule has 20 heavy (non-hydrogen) atoms. The van der Waals surface area contributed by atoms with Crippen LogP contribution in [0.2, 0.25) is 0 Å². The summed E-state index contributed by atoms with van der Waals surface area (Å²) in [6.07, 6.45) is 1.21. The van der Waals surface area contributed by atoms with Crippen molar-refractivity contribution in [1.29, 1.82) is 0 Å². The van der Waals surface area contributed by atoms with E-state index >= 15 is 0 Å². The number of carbonyl (C=O) groups is 2. The van der Waals surface area contributed by atoms with Crippen LogP contribution in [0.3, 0.4) is 0 Å². The topological polar surface area (TPSA) is 99.6 Å². The Morgan fingerprint density at radius 1 is 1.35 bits per heavy atom. The van der Waals surface area contributed by atoms with Crippen molar-refractivity contribution in [3.63, 3.8) is 0 Å². The quantitative estimate of drug-likeness (QED) is 0.485. The molecule has 0 bridgehead atoms. The maximum Gasteiger partial charge on any atom is 0.287 e. The van der Waals surface area contributed by atoms with E-state index in [0.29, 0.717) is 26.2 Å². The number of hydrogen-bond donors (Lipinski definition) is 1. The Labute approximate surface area is 115 Å². The molecular weight excluding hydrogens is 264 g/mol. The maximum atomic E-state index is 12.0. The Kier molecular flexibility index (Phi) is 4.14. The molecule has 8 nitrogen and oxygen atoms in total. The van der Waals surface area contributed by atoms with Gasteiger partial charge in [0.2, 0.25) is 5.91 Å². The van der Waals surface area contributed by atoms with Gasteiger partial charge in [-0.05, 0) is 0 Å². The highest BCUT2D eigenvalue weighted by molar-refractivity contribution is 5.96. The predicted molar refractivity (Wildman–Crippen MR) is 70.5 cm³/mol. The SMILES string of the molecule is CC(=O)N1CCN(CC(=O)c2cc([N+](=O)[O-])c[nH]2)CC1. The van der Waals surface area contributed by atoms with Gasteiger partial charge in [0.15, 0.2) is 5.78 Å². The molecule has 2 rings (SSSR count). The standard InChI is InChI=1S/C12H16N4O4/c1-9(17)15-4-2-14(3-5-15)8-12(18)11-6-10(7-13-11)16(19)20/h6-7,13H,2-5,8H2,1H3. The zero-order chi connectivity index (χ0) is 14.7. The number of nitrogens with zero attached hydrogens (tertiary/aromatic N) is 3. The summed E-state index contributed by atoms with van der Waals surface area (Å²) in [5, 5.41) is 10.6. The molecule has 0 saturated carbocycles. The van der Waals surface area contributed by atoms with Gasteiger partial charge in [0.05, 0.1) is 23.4 Å². The van der Waals surface area contributed by atoms with Gasteiger partial charge in [0, 0.05) is 39.2 Å². The van der Waals surface area contributed by atoms with Crippen molar-refractivity contribution >= 4 is 17.4 Å². The van der Waals surface area contributed by atoms with E-state index in [1.54, 1.807) is 4.90 Å². The summed E-state index contributed by atoms with van der Waals surface area (Å²) in [6.45, 7) is 4.20. The molecular formula is C12H16N4O4. The molecule has 1 aromatic rings. The largest absolute Gasteiger partial charge is 0.353 e. The lowest BCUT2D eigenvalue weighted by atomic mass is 10.2. The first-order chi connectivity index (χ1) is 9.47. The molecule has 1 aliphatic heterocycles. The minimum atomic E-state index is -0.543. The number of nitrogens with one attached hydrogen (secondary N) is 1. The number of amides is 1. The lowest BCUT2D eigenvalue weighted by Crippen LogP contribution is -2.49. The minimum Gasteiger partial charge on any atom is -0.353 e. The van der Waals surface area contributed by atoms with Crippen LogP contribution >= 0.6 is 0 Å². The number of Topliss-reactive ketones (excluding diaryl/α,β-unsaturated/α-hetero) is 1. The van der Waals surface area contributed by atoms with Crippen molar-refractivity contribution in [2.75, 3.05) is 32.7 Å². The second-order valence-electron chi connectivity index (χ2n) is 4.73. The van der Waals surface area contributed by atoms with Gasteiger partial charge < -0.3 is 9.88 Å². The molecule has 8 heteroatoms. The molecule has 0 spiro atoms. The number of ketones is 1. The number of hydrogen-bond acceptors (Lipinski definition) is 5. The van der Waals surface area contributed by atoms with Crippen LogP contribution in [0.1, 0.15) is 17.4 Å². The van der Waals surface area contributed by atoms with Crippen molar-refractivity contribution in [2.24, 2.45) is 0 Å². The van der Waals surface area contributed by atoms with Crippen LogP contribution < -0.4 is 0 Å². The van der Waals surface area contributed by atoms with Gasteiger partial charge in [-0.15, -0.1) is 0 Å².